The van der Waals surface area contributed by atoms with Crippen LogP contribution in [0.2, 0.25) is 0 Å². The monoisotopic (exact) mass is 319 g/mol. The van der Waals surface area contributed by atoms with Crippen LogP contribution in [-0.2, 0) is 11.2 Å². The van der Waals surface area contributed by atoms with E-state index < -0.39 is 0 Å². The predicted molar refractivity (Wildman–Crippen MR) is 85.3 cm³/mol. The van der Waals surface area contributed by atoms with Crippen LogP contribution in [0.5, 0.6) is 0 Å². The van der Waals surface area contributed by atoms with E-state index in [9.17, 15) is 9.18 Å². The molecule has 0 spiro atoms. The Balaban J connectivity index is 1.70. The highest BCUT2D eigenvalue weighted by Gasteiger charge is 2.23. The zero-order valence-corrected chi connectivity index (χ0v) is 13.2. The molecular formula is C16H18FN3OS. The van der Waals surface area contributed by atoms with Crippen LogP contribution in [0.4, 0.5) is 4.39 Å². The number of carbonyl (C=O) groups excluding carboxylic acids is 1. The van der Waals surface area contributed by atoms with E-state index in [-0.39, 0.29) is 17.8 Å². The first-order valence-corrected chi connectivity index (χ1v) is 8.22. The summed E-state index contributed by atoms with van der Waals surface area (Å²) in [6.45, 7) is 4.45. The molecule has 0 aliphatic carbocycles. The van der Waals surface area contributed by atoms with Crippen LogP contribution >= 0.6 is 11.3 Å². The molecule has 1 amide bonds. The van der Waals surface area contributed by atoms with E-state index in [1.165, 1.54) is 23.5 Å². The number of hydrogen-bond donors (Lipinski definition) is 1. The van der Waals surface area contributed by atoms with E-state index in [1.54, 1.807) is 6.07 Å². The van der Waals surface area contributed by atoms with Gasteiger partial charge in [-0.15, -0.1) is 11.3 Å². The topological polar surface area (TPSA) is 45.2 Å². The van der Waals surface area contributed by atoms with Gasteiger partial charge in [-0.2, -0.15) is 0 Å². The molecule has 1 aromatic heterocycles. The third kappa shape index (κ3) is 3.34. The van der Waals surface area contributed by atoms with Gasteiger partial charge in [0.05, 0.1) is 12.1 Å². The molecule has 116 valence electrons. The minimum atomic E-state index is -0.278. The average molecular weight is 319 g/mol. The van der Waals surface area contributed by atoms with Crippen molar-refractivity contribution in [1.82, 2.24) is 15.2 Å². The lowest BCUT2D eigenvalue weighted by molar-refractivity contribution is -0.133. The number of nitrogens with zero attached hydrogens (tertiary/aromatic N) is 2. The number of halogens is 1. The van der Waals surface area contributed by atoms with Crippen LogP contribution in [0.3, 0.4) is 0 Å². The Morgan fingerprint density at radius 3 is 3.18 bits per heavy atom. The summed E-state index contributed by atoms with van der Waals surface area (Å²) < 4.78 is 13.3. The Hall–Kier alpha value is -1.79. The smallest absolute Gasteiger partial charge is 0.228 e. The second-order valence-electron chi connectivity index (χ2n) is 5.47. The number of piperazine rings is 1. The summed E-state index contributed by atoms with van der Waals surface area (Å²) in [7, 11) is 0. The van der Waals surface area contributed by atoms with Crippen LogP contribution in [0.15, 0.2) is 29.6 Å². The van der Waals surface area contributed by atoms with Crippen molar-refractivity contribution in [3.63, 3.8) is 0 Å². The first kappa shape index (κ1) is 15.1. The summed E-state index contributed by atoms with van der Waals surface area (Å²) in [6.07, 6.45) is 0.302. The zero-order valence-electron chi connectivity index (χ0n) is 12.4. The van der Waals surface area contributed by atoms with Gasteiger partial charge in [0.15, 0.2) is 0 Å². The maximum absolute atomic E-state index is 13.3. The lowest BCUT2D eigenvalue weighted by Crippen LogP contribution is -2.52. The lowest BCUT2D eigenvalue weighted by atomic mass is 10.2. The van der Waals surface area contributed by atoms with E-state index in [0.29, 0.717) is 6.42 Å². The molecule has 6 heteroatoms. The molecule has 1 atom stereocenters. The normalized spacial score (nSPS) is 18.5. The van der Waals surface area contributed by atoms with Gasteiger partial charge in [0.2, 0.25) is 5.91 Å². The Morgan fingerprint density at radius 2 is 2.41 bits per heavy atom. The van der Waals surface area contributed by atoms with Crippen molar-refractivity contribution in [3.8, 4) is 10.6 Å². The van der Waals surface area contributed by atoms with Gasteiger partial charge in [-0.05, 0) is 19.1 Å². The largest absolute Gasteiger partial charge is 0.337 e. The molecule has 3 rings (SSSR count). The van der Waals surface area contributed by atoms with E-state index in [0.717, 1.165) is 35.9 Å². The van der Waals surface area contributed by atoms with E-state index in [4.69, 9.17) is 0 Å². The number of benzene rings is 1. The van der Waals surface area contributed by atoms with Crippen molar-refractivity contribution >= 4 is 17.2 Å². The molecule has 1 aliphatic rings. The van der Waals surface area contributed by atoms with Crippen molar-refractivity contribution in [2.24, 2.45) is 0 Å². The standard InChI is InChI=1S/C16H18FN3OS/c1-11-9-18-5-6-20(11)15(21)8-14-10-22-16(19-14)12-3-2-4-13(17)7-12/h2-4,7,10-11,18H,5-6,8-9H2,1H3/t11-/m1/s1. The van der Waals surface area contributed by atoms with Crippen LogP contribution in [0, 0.1) is 5.82 Å². The molecule has 0 saturated carbocycles. The first-order chi connectivity index (χ1) is 10.6. The number of thiazole rings is 1. The molecule has 2 aromatic rings. The van der Waals surface area contributed by atoms with Crippen LogP contribution in [-0.4, -0.2) is 41.5 Å². The molecule has 0 radical (unpaired) electrons. The minimum absolute atomic E-state index is 0.102. The fourth-order valence-corrected chi connectivity index (χ4v) is 3.43. The molecule has 1 N–H and O–H groups in total. The Kier molecular flexibility index (Phi) is 4.49. The number of aromatic nitrogens is 1. The molecule has 0 bridgehead atoms. The fraction of sp³-hybridized carbons (Fsp3) is 0.375. The first-order valence-electron chi connectivity index (χ1n) is 7.34. The SMILES string of the molecule is C[C@@H]1CNCCN1C(=O)Cc1csc(-c2cccc(F)c2)n1. The van der Waals surface area contributed by atoms with Crippen LogP contribution < -0.4 is 5.32 Å². The van der Waals surface area contributed by atoms with E-state index in [1.807, 2.05) is 23.3 Å². The van der Waals surface area contributed by atoms with E-state index in [2.05, 4.69) is 10.3 Å². The van der Waals surface area contributed by atoms with Crippen LogP contribution in [0.1, 0.15) is 12.6 Å². The summed E-state index contributed by atoms with van der Waals surface area (Å²) in [5.74, 6) is -0.176. The summed E-state index contributed by atoms with van der Waals surface area (Å²) in [4.78, 5) is 18.8. The molecule has 2 heterocycles. The van der Waals surface area contributed by atoms with Gasteiger partial charge >= 0.3 is 0 Å². The van der Waals surface area contributed by atoms with Gasteiger partial charge in [-0.1, -0.05) is 12.1 Å². The Labute approximate surface area is 133 Å². The van der Waals surface area contributed by atoms with Crippen molar-refractivity contribution in [2.45, 2.75) is 19.4 Å². The molecule has 0 unspecified atom stereocenters. The second kappa shape index (κ2) is 6.54. The summed E-state index contributed by atoms with van der Waals surface area (Å²) in [5, 5.41) is 5.90. The zero-order chi connectivity index (χ0) is 15.5. The molecule has 1 fully saturated rings. The van der Waals surface area contributed by atoms with Crippen LogP contribution in [0.25, 0.3) is 10.6 Å². The van der Waals surface area contributed by atoms with Gasteiger partial charge in [0.25, 0.3) is 0 Å². The van der Waals surface area contributed by atoms with Gasteiger partial charge in [-0.3, -0.25) is 4.79 Å². The summed E-state index contributed by atoms with van der Waals surface area (Å²) in [5.41, 5.74) is 1.50. The third-order valence-electron chi connectivity index (χ3n) is 3.78. The molecule has 1 saturated heterocycles. The van der Waals surface area contributed by atoms with Gasteiger partial charge in [0, 0.05) is 36.6 Å². The maximum atomic E-state index is 13.3. The maximum Gasteiger partial charge on any atom is 0.228 e. The Morgan fingerprint density at radius 1 is 1.55 bits per heavy atom. The second-order valence-corrected chi connectivity index (χ2v) is 6.33. The number of rotatable bonds is 3. The predicted octanol–water partition coefficient (Wildman–Crippen LogP) is 2.31. The number of carbonyl (C=O) groups is 1. The third-order valence-corrected chi connectivity index (χ3v) is 4.72. The molecule has 1 aromatic carbocycles. The summed E-state index contributed by atoms with van der Waals surface area (Å²) in [6, 6.07) is 6.57. The molecular weight excluding hydrogens is 301 g/mol. The minimum Gasteiger partial charge on any atom is -0.337 e. The van der Waals surface area contributed by atoms with Gasteiger partial charge in [-0.25, -0.2) is 9.37 Å². The van der Waals surface area contributed by atoms with Crippen molar-refractivity contribution in [3.05, 3.63) is 41.2 Å². The summed E-state index contributed by atoms with van der Waals surface area (Å²) >= 11 is 1.44. The molecule has 1 aliphatic heterocycles. The molecule has 4 nitrogen and oxygen atoms in total. The fourth-order valence-electron chi connectivity index (χ4n) is 2.61. The Bertz CT molecular complexity index is 673. The van der Waals surface area contributed by atoms with Gasteiger partial charge < -0.3 is 10.2 Å². The number of amides is 1. The van der Waals surface area contributed by atoms with Crippen molar-refractivity contribution in [1.29, 1.82) is 0 Å². The molecule has 22 heavy (non-hydrogen) atoms. The number of hydrogen-bond acceptors (Lipinski definition) is 4. The average Bonchev–Trinajstić information content (AvgIpc) is 2.96. The quantitative estimate of drug-likeness (QED) is 0.944. The van der Waals surface area contributed by atoms with E-state index >= 15 is 0 Å². The van der Waals surface area contributed by atoms with Crippen molar-refractivity contribution < 1.29 is 9.18 Å². The highest BCUT2D eigenvalue weighted by molar-refractivity contribution is 7.13. The highest BCUT2D eigenvalue weighted by Crippen LogP contribution is 2.24. The number of nitrogens with one attached hydrogen (secondary N) is 1. The highest BCUT2D eigenvalue weighted by atomic mass is 32.1. The lowest BCUT2D eigenvalue weighted by Gasteiger charge is -2.33. The van der Waals surface area contributed by atoms with Gasteiger partial charge in [0.1, 0.15) is 10.8 Å². The van der Waals surface area contributed by atoms with Crippen molar-refractivity contribution in [2.75, 3.05) is 19.6 Å².